The van der Waals surface area contributed by atoms with E-state index in [9.17, 15) is 0 Å². The van der Waals surface area contributed by atoms with Crippen molar-refractivity contribution in [1.29, 1.82) is 0 Å². The second kappa shape index (κ2) is 8.46. The number of nitrogen functional groups attached to an aromatic ring is 1. The number of anilines is 1. The monoisotopic (exact) mass is 356 g/mol. The van der Waals surface area contributed by atoms with Gasteiger partial charge in [0, 0.05) is 18.7 Å². The van der Waals surface area contributed by atoms with E-state index in [0.29, 0.717) is 37.0 Å². The van der Waals surface area contributed by atoms with Crippen LogP contribution in [-0.4, -0.2) is 37.8 Å². The van der Waals surface area contributed by atoms with Gasteiger partial charge in [-0.25, -0.2) is 14.5 Å². The molecule has 0 aliphatic carbocycles. The molecule has 0 spiro atoms. The number of hydrogen-bond donors (Lipinski definition) is 1. The third-order valence-electron chi connectivity index (χ3n) is 3.81. The topological polar surface area (TPSA) is 100 Å². The van der Waals surface area contributed by atoms with Crippen LogP contribution in [0.1, 0.15) is 44.4 Å². The van der Waals surface area contributed by atoms with Crippen LogP contribution in [0.5, 0.6) is 11.9 Å². The summed E-state index contributed by atoms with van der Waals surface area (Å²) in [5.41, 5.74) is 8.43. The molecule has 3 aromatic heterocycles. The number of rotatable bonds is 9. The van der Waals surface area contributed by atoms with E-state index in [0.717, 1.165) is 30.5 Å². The van der Waals surface area contributed by atoms with Crippen LogP contribution in [0.25, 0.3) is 5.65 Å². The lowest BCUT2D eigenvalue weighted by molar-refractivity contribution is 0.280. The number of aromatic nitrogens is 5. The fraction of sp³-hybridized carbons (Fsp3) is 0.444. The van der Waals surface area contributed by atoms with Crippen molar-refractivity contribution in [2.75, 3.05) is 18.9 Å². The Kier molecular flexibility index (Phi) is 5.83. The van der Waals surface area contributed by atoms with Gasteiger partial charge < -0.3 is 15.2 Å². The van der Waals surface area contributed by atoms with Gasteiger partial charge in [0.15, 0.2) is 11.5 Å². The van der Waals surface area contributed by atoms with E-state index in [1.807, 2.05) is 12.1 Å². The maximum Gasteiger partial charge on any atom is 0.336 e. The van der Waals surface area contributed by atoms with Gasteiger partial charge in [-0.3, -0.25) is 0 Å². The molecule has 3 heterocycles. The first kappa shape index (κ1) is 17.9. The Balaban J connectivity index is 1.78. The fourth-order valence-electron chi connectivity index (χ4n) is 2.43. The van der Waals surface area contributed by atoms with E-state index in [-0.39, 0.29) is 6.01 Å². The van der Waals surface area contributed by atoms with E-state index in [4.69, 9.17) is 15.2 Å². The molecule has 138 valence electrons. The Morgan fingerprint density at radius 1 is 1.04 bits per heavy atom. The second-order valence-electron chi connectivity index (χ2n) is 6.00. The summed E-state index contributed by atoms with van der Waals surface area (Å²) in [4.78, 5) is 12.8. The summed E-state index contributed by atoms with van der Waals surface area (Å²) in [6.07, 6.45) is 7.10. The van der Waals surface area contributed by atoms with Crippen molar-refractivity contribution in [3.8, 4) is 11.9 Å². The van der Waals surface area contributed by atoms with Crippen LogP contribution < -0.4 is 15.2 Å². The molecule has 2 N–H and O–H groups in total. The zero-order chi connectivity index (χ0) is 18.4. The van der Waals surface area contributed by atoms with E-state index in [2.05, 4.69) is 33.9 Å². The van der Waals surface area contributed by atoms with Gasteiger partial charge >= 0.3 is 6.01 Å². The minimum atomic E-state index is 0.268. The Labute approximate surface area is 152 Å². The SMILES string of the molecule is CCCCOc1nc(N)c2ncc(Cc3ccc(OCCC)nc3)n2n1. The summed E-state index contributed by atoms with van der Waals surface area (Å²) in [6, 6.07) is 4.13. The Bertz CT molecular complexity index is 847. The number of nitrogens with two attached hydrogens (primary N) is 1. The maximum atomic E-state index is 5.99. The molecule has 0 radical (unpaired) electrons. The molecule has 3 rings (SSSR count). The molecule has 0 saturated carbocycles. The summed E-state index contributed by atoms with van der Waals surface area (Å²) >= 11 is 0. The van der Waals surface area contributed by atoms with E-state index in [1.54, 1.807) is 16.9 Å². The molecular weight excluding hydrogens is 332 g/mol. The van der Waals surface area contributed by atoms with Crippen molar-refractivity contribution in [1.82, 2.24) is 24.6 Å². The normalized spacial score (nSPS) is 11.0. The van der Waals surface area contributed by atoms with E-state index in [1.165, 1.54) is 0 Å². The van der Waals surface area contributed by atoms with E-state index < -0.39 is 0 Å². The minimum Gasteiger partial charge on any atom is -0.478 e. The van der Waals surface area contributed by atoms with Gasteiger partial charge in [-0.05, 0) is 18.4 Å². The number of pyridine rings is 1. The van der Waals surface area contributed by atoms with Gasteiger partial charge in [0.25, 0.3) is 0 Å². The van der Waals surface area contributed by atoms with Gasteiger partial charge in [-0.1, -0.05) is 26.3 Å². The van der Waals surface area contributed by atoms with Crippen LogP contribution in [0.2, 0.25) is 0 Å². The Hall–Kier alpha value is -2.90. The number of imidazole rings is 1. The van der Waals surface area contributed by atoms with Crippen molar-refractivity contribution in [3.63, 3.8) is 0 Å². The molecule has 0 amide bonds. The molecule has 8 nitrogen and oxygen atoms in total. The first-order chi connectivity index (χ1) is 12.7. The third-order valence-corrected chi connectivity index (χ3v) is 3.81. The molecule has 0 bridgehead atoms. The molecule has 0 unspecified atom stereocenters. The summed E-state index contributed by atoms with van der Waals surface area (Å²) < 4.78 is 12.8. The van der Waals surface area contributed by atoms with Crippen molar-refractivity contribution in [2.45, 2.75) is 39.5 Å². The van der Waals surface area contributed by atoms with Crippen molar-refractivity contribution >= 4 is 11.5 Å². The van der Waals surface area contributed by atoms with E-state index >= 15 is 0 Å². The third kappa shape index (κ3) is 4.19. The molecule has 3 aromatic rings. The van der Waals surface area contributed by atoms with Crippen molar-refractivity contribution in [3.05, 3.63) is 35.8 Å². The number of hydrogen-bond acceptors (Lipinski definition) is 7. The van der Waals surface area contributed by atoms with Crippen LogP contribution in [0.15, 0.2) is 24.5 Å². The molecule has 0 aliphatic heterocycles. The average Bonchev–Trinajstić information content (AvgIpc) is 3.05. The largest absolute Gasteiger partial charge is 0.478 e. The van der Waals surface area contributed by atoms with Crippen molar-refractivity contribution in [2.24, 2.45) is 0 Å². The number of ether oxygens (including phenoxy) is 2. The summed E-state index contributed by atoms with van der Waals surface area (Å²) in [5, 5.41) is 4.42. The standard InChI is InChI=1S/C18H24N6O2/c1-3-5-9-26-18-22-16(19)17-21-12-14(24(17)23-18)10-13-6-7-15(20-11-13)25-8-4-2/h6-7,11-12H,3-5,8-10H2,1-2H3,(H2,19,22,23). The second-order valence-corrected chi connectivity index (χ2v) is 6.00. The molecule has 0 fully saturated rings. The average molecular weight is 356 g/mol. The van der Waals surface area contributed by atoms with Crippen LogP contribution >= 0.6 is 0 Å². The van der Waals surface area contributed by atoms with Gasteiger partial charge in [0.1, 0.15) is 0 Å². The summed E-state index contributed by atoms with van der Waals surface area (Å²) in [6.45, 7) is 5.39. The lowest BCUT2D eigenvalue weighted by Crippen LogP contribution is -2.09. The highest BCUT2D eigenvalue weighted by molar-refractivity contribution is 5.59. The molecule has 0 atom stereocenters. The molecule has 26 heavy (non-hydrogen) atoms. The molecule has 0 aliphatic rings. The predicted octanol–water partition coefficient (Wildman–Crippen LogP) is 2.66. The van der Waals surface area contributed by atoms with Crippen LogP contribution in [0, 0.1) is 0 Å². The zero-order valence-electron chi connectivity index (χ0n) is 15.2. The van der Waals surface area contributed by atoms with Crippen LogP contribution in [0.3, 0.4) is 0 Å². The van der Waals surface area contributed by atoms with Crippen molar-refractivity contribution < 1.29 is 9.47 Å². The summed E-state index contributed by atoms with van der Waals surface area (Å²) in [5.74, 6) is 0.936. The van der Waals surface area contributed by atoms with Crippen LogP contribution in [0.4, 0.5) is 5.82 Å². The Morgan fingerprint density at radius 2 is 1.92 bits per heavy atom. The first-order valence-electron chi connectivity index (χ1n) is 8.92. The van der Waals surface area contributed by atoms with Gasteiger partial charge in [-0.2, -0.15) is 4.98 Å². The molecule has 8 heteroatoms. The highest BCUT2D eigenvalue weighted by Gasteiger charge is 2.12. The smallest absolute Gasteiger partial charge is 0.336 e. The number of nitrogens with zero attached hydrogens (tertiary/aromatic N) is 5. The minimum absolute atomic E-state index is 0.268. The lowest BCUT2D eigenvalue weighted by atomic mass is 10.2. The highest BCUT2D eigenvalue weighted by atomic mass is 16.5. The van der Waals surface area contributed by atoms with Gasteiger partial charge in [0.05, 0.1) is 25.1 Å². The van der Waals surface area contributed by atoms with Gasteiger partial charge in [0.2, 0.25) is 5.88 Å². The highest BCUT2D eigenvalue weighted by Crippen LogP contribution is 2.18. The summed E-state index contributed by atoms with van der Waals surface area (Å²) in [7, 11) is 0. The Morgan fingerprint density at radius 3 is 2.65 bits per heavy atom. The lowest BCUT2D eigenvalue weighted by Gasteiger charge is -2.07. The fourth-order valence-corrected chi connectivity index (χ4v) is 2.43. The quantitative estimate of drug-likeness (QED) is 0.588. The molecule has 0 saturated heterocycles. The number of unbranched alkanes of at least 4 members (excludes halogenated alkanes) is 1. The maximum absolute atomic E-state index is 5.99. The van der Waals surface area contributed by atoms with Gasteiger partial charge in [-0.15, -0.1) is 5.10 Å². The van der Waals surface area contributed by atoms with Crippen LogP contribution in [-0.2, 0) is 6.42 Å². The first-order valence-corrected chi connectivity index (χ1v) is 8.92. The number of fused-ring (bicyclic) bond motifs is 1. The zero-order valence-corrected chi connectivity index (χ0v) is 15.2. The molecule has 0 aromatic carbocycles. The predicted molar refractivity (Wildman–Crippen MR) is 98.4 cm³/mol. The molecular formula is C18H24N6O2.